The van der Waals surface area contributed by atoms with Gasteiger partial charge in [0.25, 0.3) is 5.91 Å². The predicted octanol–water partition coefficient (Wildman–Crippen LogP) is 0.0144. The fourth-order valence-electron chi connectivity index (χ4n) is 2.36. The van der Waals surface area contributed by atoms with E-state index in [0.717, 1.165) is 25.0 Å². The lowest BCUT2D eigenvalue weighted by atomic mass is 10.2. The second-order valence-electron chi connectivity index (χ2n) is 5.53. The number of thiocarbonyl (C=S) groups is 1. The van der Waals surface area contributed by atoms with Crippen LogP contribution in [0.1, 0.15) is 12.8 Å². The summed E-state index contributed by atoms with van der Waals surface area (Å²) in [5.41, 5.74) is 5.97. The van der Waals surface area contributed by atoms with Crippen molar-refractivity contribution >= 4 is 23.2 Å². The number of benzene rings is 1. The Hall–Kier alpha value is -2.59. The molecule has 25 heavy (non-hydrogen) atoms. The lowest BCUT2D eigenvalue weighted by Gasteiger charge is -2.14. The molecule has 9 nitrogen and oxygen atoms in total. The Morgan fingerprint density at radius 1 is 1.32 bits per heavy atom. The first-order valence-electron chi connectivity index (χ1n) is 7.98. The van der Waals surface area contributed by atoms with Crippen molar-refractivity contribution in [2.24, 2.45) is 0 Å². The molecule has 1 aromatic carbocycles. The zero-order chi connectivity index (χ0) is 17.5. The highest BCUT2D eigenvalue weighted by atomic mass is 32.1. The second-order valence-corrected chi connectivity index (χ2v) is 5.94. The van der Waals surface area contributed by atoms with Crippen LogP contribution in [0, 0.1) is 0 Å². The summed E-state index contributed by atoms with van der Waals surface area (Å²) in [5, 5.41) is 15.3. The maximum Gasteiger partial charge on any atom is 0.262 e. The Kier molecular flexibility index (Phi) is 5.86. The van der Waals surface area contributed by atoms with Gasteiger partial charge in [-0.2, -0.15) is 4.80 Å². The maximum atomic E-state index is 11.9. The zero-order valence-corrected chi connectivity index (χ0v) is 14.3. The summed E-state index contributed by atoms with van der Waals surface area (Å²) in [4.78, 5) is 13.1. The minimum atomic E-state index is -0.335. The number of hydrogen-bond acceptors (Lipinski definition) is 6. The van der Waals surface area contributed by atoms with Gasteiger partial charge in [0.05, 0.1) is 6.10 Å². The van der Waals surface area contributed by atoms with Crippen LogP contribution in [0.5, 0.6) is 0 Å². The normalized spacial score (nSPS) is 16.4. The van der Waals surface area contributed by atoms with Crippen molar-refractivity contribution in [2.45, 2.75) is 25.5 Å². The van der Waals surface area contributed by atoms with E-state index in [-0.39, 0.29) is 18.6 Å². The fraction of sp³-hybridized carbons (Fsp3) is 0.400. The molecule has 1 aromatic heterocycles. The molecule has 0 spiro atoms. The quantitative estimate of drug-likeness (QED) is 0.505. The van der Waals surface area contributed by atoms with Crippen LogP contribution in [-0.4, -0.2) is 50.5 Å². The number of amides is 1. The maximum absolute atomic E-state index is 11.9. The van der Waals surface area contributed by atoms with Crippen molar-refractivity contribution in [2.75, 3.05) is 13.2 Å². The van der Waals surface area contributed by atoms with E-state index in [1.807, 2.05) is 30.3 Å². The van der Waals surface area contributed by atoms with Crippen LogP contribution in [0.25, 0.3) is 11.4 Å². The van der Waals surface area contributed by atoms with Crippen LogP contribution in [0.15, 0.2) is 30.3 Å². The van der Waals surface area contributed by atoms with Crippen LogP contribution in [0.2, 0.25) is 0 Å². The van der Waals surface area contributed by atoms with Crippen molar-refractivity contribution in [3.8, 4) is 11.4 Å². The molecule has 2 heterocycles. The standard InChI is InChI=1S/C15H19N7O2S/c23-13(17-19-15(25)16-9-12-7-4-8-24-12)10-22-20-14(18-21-22)11-5-2-1-3-6-11/h1-3,5-6,12H,4,7-10H2,(H,17,23)(H2,16,19,25)/t12-/m0/s1. The summed E-state index contributed by atoms with van der Waals surface area (Å²) in [6.07, 6.45) is 2.26. The largest absolute Gasteiger partial charge is 0.376 e. The molecular weight excluding hydrogens is 342 g/mol. The van der Waals surface area contributed by atoms with E-state index in [9.17, 15) is 4.79 Å². The van der Waals surface area contributed by atoms with Gasteiger partial charge in [-0.05, 0) is 30.3 Å². The zero-order valence-electron chi connectivity index (χ0n) is 13.5. The minimum Gasteiger partial charge on any atom is -0.376 e. The number of nitrogens with one attached hydrogen (secondary N) is 3. The molecule has 1 fully saturated rings. The van der Waals surface area contributed by atoms with Gasteiger partial charge < -0.3 is 10.1 Å². The highest BCUT2D eigenvalue weighted by molar-refractivity contribution is 7.80. The summed E-state index contributed by atoms with van der Waals surface area (Å²) in [5.74, 6) is 0.133. The Labute approximate surface area is 150 Å². The van der Waals surface area contributed by atoms with E-state index >= 15 is 0 Å². The van der Waals surface area contributed by atoms with E-state index in [2.05, 4.69) is 31.6 Å². The number of tetrazole rings is 1. The third-order valence-electron chi connectivity index (χ3n) is 3.60. The smallest absolute Gasteiger partial charge is 0.262 e. The fourth-order valence-corrected chi connectivity index (χ4v) is 2.50. The number of aromatic nitrogens is 4. The number of carbonyl (C=O) groups excluding carboxylic acids is 1. The number of rotatable bonds is 5. The van der Waals surface area contributed by atoms with Crippen molar-refractivity contribution in [1.29, 1.82) is 0 Å². The monoisotopic (exact) mass is 361 g/mol. The molecule has 1 amide bonds. The highest BCUT2D eigenvalue weighted by Crippen LogP contribution is 2.11. The van der Waals surface area contributed by atoms with E-state index in [4.69, 9.17) is 17.0 Å². The van der Waals surface area contributed by atoms with Gasteiger partial charge in [0.2, 0.25) is 5.82 Å². The molecule has 0 saturated carbocycles. The van der Waals surface area contributed by atoms with Crippen LogP contribution < -0.4 is 16.2 Å². The first-order valence-corrected chi connectivity index (χ1v) is 8.39. The highest BCUT2D eigenvalue weighted by Gasteiger charge is 2.15. The first kappa shape index (κ1) is 17.2. The van der Waals surface area contributed by atoms with Gasteiger partial charge in [-0.3, -0.25) is 15.6 Å². The number of hydrogen-bond donors (Lipinski definition) is 3. The number of nitrogens with zero attached hydrogens (tertiary/aromatic N) is 4. The average Bonchev–Trinajstić information content (AvgIpc) is 3.31. The third kappa shape index (κ3) is 5.19. The second kappa shape index (κ2) is 8.49. The summed E-state index contributed by atoms with van der Waals surface area (Å²) in [6, 6.07) is 9.43. The number of hydrazine groups is 1. The van der Waals surface area contributed by atoms with Crippen molar-refractivity contribution in [3.05, 3.63) is 30.3 Å². The first-order chi connectivity index (χ1) is 12.2. The molecule has 3 rings (SSSR count). The summed E-state index contributed by atoms with van der Waals surface area (Å²) < 4.78 is 5.48. The minimum absolute atomic E-state index is 0.0683. The average molecular weight is 361 g/mol. The molecule has 1 atom stereocenters. The molecule has 10 heteroatoms. The molecule has 132 valence electrons. The van der Waals surface area contributed by atoms with Gasteiger partial charge in [-0.15, -0.1) is 10.2 Å². The van der Waals surface area contributed by atoms with Gasteiger partial charge in [-0.25, -0.2) is 0 Å². The van der Waals surface area contributed by atoms with Gasteiger partial charge >= 0.3 is 0 Å². The lowest BCUT2D eigenvalue weighted by molar-refractivity contribution is -0.122. The number of ether oxygens (including phenoxy) is 1. The summed E-state index contributed by atoms with van der Waals surface area (Å²) in [6.45, 7) is 1.34. The molecule has 2 aromatic rings. The molecule has 0 aliphatic carbocycles. The molecular formula is C15H19N7O2S. The third-order valence-corrected chi connectivity index (χ3v) is 3.85. The Morgan fingerprint density at radius 3 is 2.92 bits per heavy atom. The van der Waals surface area contributed by atoms with Crippen molar-refractivity contribution in [1.82, 2.24) is 36.4 Å². The Bertz CT molecular complexity index is 716. The van der Waals surface area contributed by atoms with E-state index in [1.165, 1.54) is 4.80 Å². The topological polar surface area (TPSA) is 106 Å². The van der Waals surface area contributed by atoms with Gasteiger partial charge in [0.15, 0.2) is 5.11 Å². The van der Waals surface area contributed by atoms with E-state index in [0.29, 0.717) is 17.5 Å². The van der Waals surface area contributed by atoms with Crippen LogP contribution in [0.3, 0.4) is 0 Å². The van der Waals surface area contributed by atoms with Gasteiger partial charge in [0.1, 0.15) is 6.54 Å². The molecule has 1 aliphatic rings. The van der Waals surface area contributed by atoms with Gasteiger partial charge in [-0.1, -0.05) is 30.3 Å². The van der Waals surface area contributed by atoms with Crippen LogP contribution in [0.4, 0.5) is 0 Å². The van der Waals surface area contributed by atoms with Crippen LogP contribution in [-0.2, 0) is 16.1 Å². The molecule has 1 saturated heterocycles. The Balaban J connectivity index is 1.40. The van der Waals surface area contributed by atoms with E-state index < -0.39 is 0 Å². The van der Waals surface area contributed by atoms with Gasteiger partial charge in [0, 0.05) is 18.7 Å². The van der Waals surface area contributed by atoms with Crippen LogP contribution >= 0.6 is 12.2 Å². The van der Waals surface area contributed by atoms with Crippen molar-refractivity contribution < 1.29 is 9.53 Å². The molecule has 0 unspecified atom stereocenters. The van der Waals surface area contributed by atoms with Crippen molar-refractivity contribution in [3.63, 3.8) is 0 Å². The van der Waals surface area contributed by atoms with E-state index in [1.54, 1.807) is 0 Å². The predicted molar refractivity (Wildman–Crippen MR) is 94.1 cm³/mol. The molecule has 0 radical (unpaired) electrons. The molecule has 0 bridgehead atoms. The SMILES string of the molecule is O=C(Cn1nnc(-c2ccccc2)n1)NNC(=S)NC[C@@H]1CCCO1. The number of carbonyl (C=O) groups is 1. The lowest BCUT2D eigenvalue weighted by Crippen LogP contribution is -2.49. The summed E-state index contributed by atoms with van der Waals surface area (Å²) in [7, 11) is 0. The summed E-state index contributed by atoms with van der Waals surface area (Å²) >= 11 is 5.10. The molecule has 3 N–H and O–H groups in total. The Morgan fingerprint density at radius 2 is 2.16 bits per heavy atom. The molecule has 1 aliphatic heterocycles.